The van der Waals surface area contributed by atoms with Gasteiger partial charge in [0.05, 0.1) is 17.1 Å². The third-order valence-electron chi connectivity index (χ3n) is 4.43. The van der Waals surface area contributed by atoms with Crippen LogP contribution < -0.4 is 15.4 Å². The van der Waals surface area contributed by atoms with E-state index in [1.165, 1.54) is 0 Å². The van der Waals surface area contributed by atoms with Crippen molar-refractivity contribution < 1.29 is 14.3 Å². The average Bonchev–Trinajstić information content (AvgIpc) is 3.02. The molecule has 142 valence electrons. The Balaban J connectivity index is 1.58. The molecule has 0 saturated carbocycles. The lowest BCUT2D eigenvalue weighted by molar-refractivity contribution is -0.118. The van der Waals surface area contributed by atoms with Crippen LogP contribution in [0.25, 0.3) is 5.69 Å². The minimum Gasteiger partial charge on any atom is -0.482 e. The molecule has 1 aromatic heterocycles. The van der Waals surface area contributed by atoms with E-state index in [2.05, 4.69) is 27.0 Å². The van der Waals surface area contributed by atoms with Gasteiger partial charge < -0.3 is 15.4 Å². The van der Waals surface area contributed by atoms with Crippen LogP contribution in [0.1, 0.15) is 27.3 Å². The zero-order valence-corrected chi connectivity index (χ0v) is 15.7. The molecule has 8 nitrogen and oxygen atoms in total. The van der Waals surface area contributed by atoms with Crippen molar-refractivity contribution in [3.63, 3.8) is 0 Å². The SMILES string of the molecule is Cc1cc(C)cc(-n2nnc(C(=O)Nc3ccc4c(c3)OCC(=O)N4)c2C)c1. The Labute approximate surface area is 161 Å². The van der Waals surface area contributed by atoms with Crippen LogP contribution in [-0.4, -0.2) is 33.4 Å². The van der Waals surface area contributed by atoms with E-state index in [1.54, 1.807) is 29.8 Å². The molecule has 8 heteroatoms. The molecule has 28 heavy (non-hydrogen) atoms. The fourth-order valence-corrected chi connectivity index (χ4v) is 3.20. The fourth-order valence-electron chi connectivity index (χ4n) is 3.20. The monoisotopic (exact) mass is 377 g/mol. The van der Waals surface area contributed by atoms with Gasteiger partial charge in [-0.3, -0.25) is 9.59 Å². The van der Waals surface area contributed by atoms with Crippen LogP contribution in [0.3, 0.4) is 0 Å². The second-order valence-corrected chi connectivity index (χ2v) is 6.78. The molecule has 3 aromatic rings. The number of nitrogens with one attached hydrogen (secondary N) is 2. The minimum absolute atomic E-state index is 0.0479. The molecule has 2 aromatic carbocycles. The number of carbonyl (C=O) groups is 2. The number of amides is 2. The molecule has 2 heterocycles. The fraction of sp³-hybridized carbons (Fsp3) is 0.200. The van der Waals surface area contributed by atoms with Crippen molar-refractivity contribution in [2.75, 3.05) is 17.2 Å². The van der Waals surface area contributed by atoms with Gasteiger partial charge in [-0.25, -0.2) is 4.68 Å². The highest BCUT2D eigenvalue weighted by atomic mass is 16.5. The third-order valence-corrected chi connectivity index (χ3v) is 4.43. The number of rotatable bonds is 3. The van der Waals surface area contributed by atoms with E-state index in [0.29, 0.717) is 22.8 Å². The van der Waals surface area contributed by atoms with Gasteiger partial charge in [0.2, 0.25) is 0 Å². The van der Waals surface area contributed by atoms with Crippen LogP contribution in [0.2, 0.25) is 0 Å². The highest BCUT2D eigenvalue weighted by Gasteiger charge is 2.20. The van der Waals surface area contributed by atoms with Crippen LogP contribution in [0.15, 0.2) is 36.4 Å². The molecular weight excluding hydrogens is 358 g/mol. The van der Waals surface area contributed by atoms with Gasteiger partial charge in [0.1, 0.15) is 5.75 Å². The molecule has 0 aliphatic carbocycles. The second kappa shape index (κ2) is 6.80. The zero-order chi connectivity index (χ0) is 19.8. The Morgan fingerprint density at radius 1 is 1.14 bits per heavy atom. The van der Waals surface area contributed by atoms with Gasteiger partial charge >= 0.3 is 0 Å². The van der Waals surface area contributed by atoms with Gasteiger partial charge in [-0.15, -0.1) is 5.10 Å². The van der Waals surface area contributed by atoms with Crippen LogP contribution in [0.5, 0.6) is 5.75 Å². The highest BCUT2D eigenvalue weighted by Crippen LogP contribution is 2.30. The number of carbonyl (C=O) groups excluding carboxylic acids is 2. The Morgan fingerprint density at radius 2 is 1.89 bits per heavy atom. The normalized spacial score (nSPS) is 12.8. The second-order valence-electron chi connectivity index (χ2n) is 6.78. The third kappa shape index (κ3) is 3.32. The van der Waals surface area contributed by atoms with Gasteiger partial charge in [0.25, 0.3) is 11.8 Å². The van der Waals surface area contributed by atoms with Gasteiger partial charge in [-0.2, -0.15) is 0 Å². The number of ether oxygens (including phenoxy) is 1. The minimum atomic E-state index is -0.368. The number of fused-ring (bicyclic) bond motifs is 1. The molecule has 0 radical (unpaired) electrons. The van der Waals surface area contributed by atoms with Gasteiger partial charge in [-0.05, 0) is 56.2 Å². The molecule has 2 amide bonds. The summed E-state index contributed by atoms with van der Waals surface area (Å²) in [6.07, 6.45) is 0. The van der Waals surface area contributed by atoms with Crippen molar-refractivity contribution in [1.29, 1.82) is 0 Å². The maximum atomic E-state index is 12.7. The van der Waals surface area contributed by atoms with E-state index < -0.39 is 0 Å². The van der Waals surface area contributed by atoms with Crippen molar-refractivity contribution in [3.8, 4) is 11.4 Å². The maximum absolute atomic E-state index is 12.7. The van der Waals surface area contributed by atoms with Crippen LogP contribution >= 0.6 is 0 Å². The van der Waals surface area contributed by atoms with Crippen molar-refractivity contribution >= 4 is 23.2 Å². The largest absolute Gasteiger partial charge is 0.482 e. The quantitative estimate of drug-likeness (QED) is 0.731. The molecule has 1 aliphatic heterocycles. The van der Waals surface area contributed by atoms with E-state index in [4.69, 9.17) is 4.74 Å². The lowest BCUT2D eigenvalue weighted by Crippen LogP contribution is -2.25. The van der Waals surface area contributed by atoms with Gasteiger partial charge in [-0.1, -0.05) is 11.3 Å². The van der Waals surface area contributed by atoms with Crippen LogP contribution in [0, 0.1) is 20.8 Å². The first-order valence-electron chi connectivity index (χ1n) is 8.80. The molecule has 0 saturated heterocycles. The van der Waals surface area contributed by atoms with Gasteiger partial charge in [0, 0.05) is 11.8 Å². The van der Waals surface area contributed by atoms with Gasteiger partial charge in [0.15, 0.2) is 12.3 Å². The summed E-state index contributed by atoms with van der Waals surface area (Å²) in [7, 11) is 0. The smallest absolute Gasteiger partial charge is 0.278 e. The Bertz CT molecular complexity index is 1080. The molecule has 0 spiro atoms. The first-order chi connectivity index (χ1) is 13.4. The molecule has 1 aliphatic rings. The van der Waals surface area contributed by atoms with Crippen molar-refractivity contribution in [1.82, 2.24) is 15.0 Å². The lowest BCUT2D eigenvalue weighted by Gasteiger charge is -2.18. The Morgan fingerprint density at radius 3 is 2.64 bits per heavy atom. The summed E-state index contributed by atoms with van der Waals surface area (Å²) in [6.45, 7) is 5.78. The standard InChI is InChI=1S/C20H19N5O3/c1-11-6-12(2)8-15(7-11)25-13(3)19(23-24-25)20(27)21-14-4-5-16-17(9-14)28-10-18(26)22-16/h4-9H,10H2,1-3H3,(H,21,27)(H,22,26). The lowest BCUT2D eigenvalue weighted by atomic mass is 10.1. The number of anilines is 2. The number of hydrogen-bond acceptors (Lipinski definition) is 5. The topological polar surface area (TPSA) is 98.1 Å². The molecule has 0 atom stereocenters. The molecule has 0 unspecified atom stereocenters. The van der Waals surface area contributed by atoms with E-state index in [9.17, 15) is 9.59 Å². The van der Waals surface area contributed by atoms with E-state index >= 15 is 0 Å². The number of aromatic nitrogens is 3. The number of aryl methyl sites for hydroxylation is 2. The summed E-state index contributed by atoms with van der Waals surface area (Å²) in [5.74, 6) is -0.0659. The zero-order valence-electron chi connectivity index (χ0n) is 15.7. The molecule has 2 N–H and O–H groups in total. The molecular formula is C20H19N5O3. The maximum Gasteiger partial charge on any atom is 0.278 e. The molecule has 0 fully saturated rings. The summed E-state index contributed by atoms with van der Waals surface area (Å²) in [4.78, 5) is 24.0. The Hall–Kier alpha value is -3.68. The number of nitrogens with zero attached hydrogens (tertiary/aromatic N) is 3. The summed E-state index contributed by atoms with van der Waals surface area (Å²) in [5, 5.41) is 13.7. The molecule has 4 rings (SSSR count). The summed E-state index contributed by atoms with van der Waals surface area (Å²) >= 11 is 0. The molecule has 0 bridgehead atoms. The van der Waals surface area contributed by atoms with Crippen molar-refractivity contribution in [2.24, 2.45) is 0 Å². The van der Waals surface area contributed by atoms with Crippen LogP contribution in [0.4, 0.5) is 11.4 Å². The number of benzene rings is 2. The summed E-state index contributed by atoms with van der Waals surface area (Å²) < 4.78 is 7.03. The Kier molecular flexibility index (Phi) is 4.31. The van der Waals surface area contributed by atoms with Crippen LogP contribution in [-0.2, 0) is 4.79 Å². The predicted octanol–water partition coefficient (Wildman–Crippen LogP) is 2.78. The highest BCUT2D eigenvalue weighted by molar-refractivity contribution is 6.04. The summed E-state index contributed by atoms with van der Waals surface area (Å²) in [5.41, 5.74) is 5.08. The predicted molar refractivity (Wildman–Crippen MR) is 104 cm³/mol. The first-order valence-corrected chi connectivity index (χ1v) is 8.80. The van der Waals surface area contributed by atoms with Crippen molar-refractivity contribution in [3.05, 3.63) is 58.9 Å². The number of hydrogen-bond donors (Lipinski definition) is 2. The summed E-state index contributed by atoms with van der Waals surface area (Å²) in [6, 6.07) is 11.1. The first kappa shape index (κ1) is 17.7. The average molecular weight is 377 g/mol. The van der Waals surface area contributed by atoms with E-state index in [1.807, 2.05) is 26.0 Å². The van der Waals surface area contributed by atoms with Crippen molar-refractivity contribution in [2.45, 2.75) is 20.8 Å². The van der Waals surface area contributed by atoms with E-state index in [0.717, 1.165) is 16.8 Å². The van der Waals surface area contributed by atoms with E-state index in [-0.39, 0.29) is 24.1 Å².